The minimum Gasteiger partial charge on any atom is -0.487 e. The summed E-state index contributed by atoms with van der Waals surface area (Å²) in [5, 5.41) is 7.15. The minimum absolute atomic E-state index is 0.0142. The Hall–Kier alpha value is -1.50. The quantitative estimate of drug-likeness (QED) is 0.496. The van der Waals surface area contributed by atoms with Crippen LogP contribution in [0.1, 0.15) is 5.56 Å². The molecule has 3 nitrogen and oxygen atoms in total. The third-order valence-electron chi connectivity index (χ3n) is 1.98. The molecule has 0 saturated carbocycles. The van der Waals surface area contributed by atoms with Crippen molar-refractivity contribution in [3.05, 3.63) is 28.8 Å². The number of nitrogens with one attached hydrogen (secondary N) is 1. The Bertz CT molecular complexity index is 454. The zero-order valence-corrected chi connectivity index (χ0v) is 9.65. The van der Waals surface area contributed by atoms with Gasteiger partial charge >= 0.3 is 12.3 Å². The van der Waals surface area contributed by atoms with E-state index in [0.29, 0.717) is 0 Å². The number of rotatable bonds is 5. The van der Waals surface area contributed by atoms with E-state index in [9.17, 15) is 17.6 Å². The molecule has 0 bridgehead atoms. The van der Waals surface area contributed by atoms with Gasteiger partial charge in [0.15, 0.2) is 6.61 Å². The Morgan fingerprint density at radius 2 is 2.06 bits per heavy atom. The highest BCUT2D eigenvalue weighted by Gasteiger charge is 2.41. The molecule has 0 aromatic heterocycles. The molecule has 0 aliphatic carbocycles. The Morgan fingerprint density at radius 1 is 1.44 bits per heavy atom. The number of ether oxygens (including phenoxy) is 1. The molecule has 0 spiro atoms. The fraction of sp³-hybridized carbons (Fsp3) is 0.300. The molecule has 0 atom stereocenters. The molecule has 0 aliphatic heterocycles. The molecule has 1 rings (SSSR count). The Morgan fingerprint density at radius 3 is 2.50 bits per heavy atom. The van der Waals surface area contributed by atoms with Crippen molar-refractivity contribution in [2.75, 3.05) is 6.61 Å². The molecule has 0 aliphatic rings. The van der Waals surface area contributed by atoms with Gasteiger partial charge in [0.2, 0.25) is 0 Å². The maximum absolute atomic E-state index is 12.6. The Balaban J connectivity index is 2.76. The van der Waals surface area contributed by atoms with E-state index in [1.54, 1.807) is 0 Å². The average Bonchev–Trinajstić information content (AvgIpc) is 2.25. The van der Waals surface area contributed by atoms with Crippen LogP contribution in [0.4, 0.5) is 17.6 Å². The van der Waals surface area contributed by atoms with E-state index in [1.165, 1.54) is 12.1 Å². The summed E-state index contributed by atoms with van der Waals surface area (Å²) in [6.07, 6.45) is -3.80. The lowest BCUT2D eigenvalue weighted by Gasteiger charge is -2.16. The lowest BCUT2D eigenvalue weighted by molar-refractivity contribution is -0.148. The summed E-state index contributed by atoms with van der Waals surface area (Å²) >= 11 is 5.70. The van der Waals surface area contributed by atoms with Gasteiger partial charge in [-0.2, -0.15) is 8.78 Å². The summed E-state index contributed by atoms with van der Waals surface area (Å²) in [4.78, 5) is 0. The molecule has 0 radical (unpaired) electrons. The predicted octanol–water partition coefficient (Wildman–Crippen LogP) is 2.90. The third-order valence-corrected chi connectivity index (χ3v) is 2.29. The molecule has 8 heteroatoms. The van der Waals surface area contributed by atoms with Gasteiger partial charge in [0.25, 0.3) is 0 Å². The molecule has 0 fully saturated rings. The predicted molar refractivity (Wildman–Crippen MR) is 58.9 cm³/mol. The van der Waals surface area contributed by atoms with Gasteiger partial charge in [0.05, 0.1) is 5.02 Å². The van der Waals surface area contributed by atoms with Gasteiger partial charge in [0, 0.05) is 5.56 Å². The maximum Gasteiger partial charge on any atom is 0.340 e. The Labute approximate surface area is 105 Å². The summed E-state index contributed by atoms with van der Waals surface area (Å²) in [6, 6.07) is 3.62. The second-order valence-electron chi connectivity index (χ2n) is 3.41. The van der Waals surface area contributed by atoms with E-state index in [2.05, 4.69) is 4.74 Å². The monoisotopic (exact) mass is 284 g/mol. The molecular formula is C10H9ClF4N2O. The summed E-state index contributed by atoms with van der Waals surface area (Å²) in [7, 11) is 0. The number of benzene rings is 1. The number of hydrogen-bond donors (Lipinski definition) is 2. The van der Waals surface area contributed by atoms with Gasteiger partial charge in [-0.25, -0.2) is 8.78 Å². The number of nitrogens with two attached hydrogens (primary N) is 1. The Kier molecular flexibility index (Phi) is 4.39. The number of halogens is 5. The first-order chi connectivity index (χ1) is 8.24. The second-order valence-corrected chi connectivity index (χ2v) is 3.81. The zero-order valence-electron chi connectivity index (χ0n) is 8.89. The minimum atomic E-state index is -4.23. The SMILES string of the molecule is N=C(N)c1ccc(OCC(F)(F)C(F)F)cc1Cl. The van der Waals surface area contributed by atoms with Crippen LogP contribution in [0.2, 0.25) is 5.02 Å². The zero-order chi connectivity index (χ0) is 13.9. The summed E-state index contributed by atoms with van der Waals surface area (Å²) < 4.78 is 53.4. The van der Waals surface area contributed by atoms with E-state index < -0.39 is 19.0 Å². The van der Waals surface area contributed by atoms with E-state index in [1.807, 2.05) is 0 Å². The van der Waals surface area contributed by atoms with Crippen molar-refractivity contribution in [2.24, 2.45) is 5.73 Å². The van der Waals surface area contributed by atoms with Crippen LogP contribution in [0.3, 0.4) is 0 Å². The standard InChI is InChI=1S/C10H9ClF4N2O/c11-7-3-5(1-2-6(7)8(16)17)18-4-10(14,15)9(12)13/h1-3,9H,4H2,(H3,16,17). The van der Waals surface area contributed by atoms with Crippen LogP contribution in [0, 0.1) is 5.41 Å². The summed E-state index contributed by atoms with van der Waals surface area (Å²) in [5.74, 6) is -4.64. The molecule has 100 valence electrons. The molecule has 1 aromatic rings. The van der Waals surface area contributed by atoms with Gasteiger partial charge in [-0.15, -0.1) is 0 Å². The van der Waals surface area contributed by atoms with Gasteiger partial charge in [0.1, 0.15) is 11.6 Å². The highest BCUT2D eigenvalue weighted by molar-refractivity contribution is 6.34. The first-order valence-corrected chi connectivity index (χ1v) is 5.04. The molecule has 0 unspecified atom stereocenters. The topological polar surface area (TPSA) is 59.1 Å². The van der Waals surface area contributed by atoms with Crippen molar-refractivity contribution in [1.82, 2.24) is 0 Å². The van der Waals surface area contributed by atoms with Crippen LogP contribution in [-0.4, -0.2) is 24.8 Å². The fourth-order valence-corrected chi connectivity index (χ4v) is 1.32. The van der Waals surface area contributed by atoms with E-state index in [-0.39, 0.29) is 22.2 Å². The highest BCUT2D eigenvalue weighted by atomic mass is 35.5. The van der Waals surface area contributed by atoms with Gasteiger partial charge in [-0.1, -0.05) is 11.6 Å². The van der Waals surface area contributed by atoms with Crippen LogP contribution >= 0.6 is 11.6 Å². The maximum atomic E-state index is 12.6. The van der Waals surface area contributed by atoms with Gasteiger partial charge < -0.3 is 10.5 Å². The van der Waals surface area contributed by atoms with Crippen molar-refractivity contribution >= 4 is 17.4 Å². The molecule has 18 heavy (non-hydrogen) atoms. The van der Waals surface area contributed by atoms with Crippen LogP contribution in [0.5, 0.6) is 5.75 Å². The van der Waals surface area contributed by atoms with Crippen LogP contribution in [0.15, 0.2) is 18.2 Å². The summed E-state index contributed by atoms with van der Waals surface area (Å²) in [5.41, 5.74) is 5.39. The van der Waals surface area contributed by atoms with E-state index in [4.69, 9.17) is 22.7 Å². The number of alkyl halides is 4. The van der Waals surface area contributed by atoms with E-state index in [0.717, 1.165) is 6.07 Å². The average molecular weight is 285 g/mol. The highest BCUT2D eigenvalue weighted by Crippen LogP contribution is 2.26. The van der Waals surface area contributed by atoms with Crippen molar-refractivity contribution in [3.8, 4) is 5.75 Å². The summed E-state index contributed by atoms with van der Waals surface area (Å²) in [6.45, 7) is -1.46. The molecule has 1 aromatic carbocycles. The van der Waals surface area contributed by atoms with Crippen LogP contribution in [0.25, 0.3) is 0 Å². The first-order valence-electron chi connectivity index (χ1n) is 4.67. The fourth-order valence-electron chi connectivity index (χ4n) is 1.05. The van der Waals surface area contributed by atoms with Gasteiger partial charge in [-0.3, -0.25) is 5.41 Å². The van der Waals surface area contributed by atoms with Crippen molar-refractivity contribution in [2.45, 2.75) is 12.3 Å². The lowest BCUT2D eigenvalue weighted by Crippen LogP contribution is -2.33. The molecule has 3 N–H and O–H groups in total. The first kappa shape index (κ1) is 14.6. The number of hydrogen-bond acceptors (Lipinski definition) is 2. The third kappa shape index (κ3) is 3.49. The smallest absolute Gasteiger partial charge is 0.340 e. The second kappa shape index (κ2) is 5.43. The molecule has 0 amide bonds. The molecule has 0 heterocycles. The van der Waals surface area contributed by atoms with Crippen molar-refractivity contribution < 1.29 is 22.3 Å². The molecular weight excluding hydrogens is 276 g/mol. The van der Waals surface area contributed by atoms with Crippen LogP contribution in [-0.2, 0) is 0 Å². The molecule has 0 saturated heterocycles. The number of nitrogen functional groups attached to an aromatic ring is 1. The van der Waals surface area contributed by atoms with Crippen LogP contribution < -0.4 is 10.5 Å². The lowest BCUT2D eigenvalue weighted by atomic mass is 10.2. The number of amidine groups is 1. The largest absolute Gasteiger partial charge is 0.487 e. The van der Waals surface area contributed by atoms with Gasteiger partial charge in [-0.05, 0) is 18.2 Å². The normalized spacial score (nSPS) is 11.7. The van der Waals surface area contributed by atoms with E-state index >= 15 is 0 Å². The van der Waals surface area contributed by atoms with Crippen molar-refractivity contribution in [1.29, 1.82) is 5.41 Å². The van der Waals surface area contributed by atoms with Crippen molar-refractivity contribution in [3.63, 3.8) is 0 Å².